The van der Waals surface area contributed by atoms with Gasteiger partial charge in [-0.3, -0.25) is 4.99 Å². The van der Waals surface area contributed by atoms with Gasteiger partial charge >= 0.3 is 6.18 Å². The molecule has 13 heavy (non-hydrogen) atoms. The van der Waals surface area contributed by atoms with Crippen LogP contribution in [-0.4, -0.2) is 12.9 Å². The number of allylic oxidation sites excluding steroid dienone is 3. The van der Waals surface area contributed by atoms with Crippen LogP contribution in [0.2, 0.25) is 0 Å². The molecule has 0 atom stereocenters. The molecule has 0 bridgehead atoms. The molecular weight excluding hydrogens is 183 g/mol. The lowest BCUT2D eigenvalue weighted by molar-refractivity contribution is -0.0922. The van der Waals surface area contributed by atoms with E-state index in [1.807, 2.05) is 0 Å². The van der Waals surface area contributed by atoms with E-state index in [9.17, 15) is 13.2 Å². The van der Waals surface area contributed by atoms with Crippen molar-refractivity contribution in [1.82, 2.24) is 0 Å². The molecular formula is C7H10F3N3. The van der Waals surface area contributed by atoms with E-state index in [1.54, 1.807) is 0 Å². The lowest BCUT2D eigenvalue weighted by Crippen LogP contribution is -2.13. The number of nitrogens with two attached hydrogens (primary N) is 2. The highest BCUT2D eigenvalue weighted by atomic mass is 19.4. The summed E-state index contributed by atoms with van der Waals surface area (Å²) in [4.78, 5) is 2.80. The van der Waals surface area contributed by atoms with Crippen molar-refractivity contribution in [3.05, 3.63) is 23.2 Å². The highest BCUT2D eigenvalue weighted by Gasteiger charge is 2.33. The van der Waals surface area contributed by atoms with Crippen molar-refractivity contribution in [2.45, 2.75) is 13.1 Å². The molecule has 0 aliphatic carbocycles. The molecule has 0 aliphatic heterocycles. The van der Waals surface area contributed by atoms with E-state index in [2.05, 4.69) is 11.7 Å². The maximum absolute atomic E-state index is 12.0. The van der Waals surface area contributed by atoms with E-state index in [0.29, 0.717) is 6.08 Å². The third-order valence-electron chi connectivity index (χ3n) is 1.21. The Kier molecular flexibility index (Phi) is 3.53. The molecule has 3 nitrogen and oxygen atoms in total. The quantitative estimate of drug-likeness (QED) is 0.512. The Balaban J connectivity index is 5.01. The normalized spacial score (nSPS) is 15.2. The van der Waals surface area contributed by atoms with Crippen LogP contribution in [0, 0.1) is 0 Å². The van der Waals surface area contributed by atoms with Crippen molar-refractivity contribution < 1.29 is 13.2 Å². The highest BCUT2D eigenvalue weighted by Crippen LogP contribution is 2.26. The first-order chi connectivity index (χ1) is 5.79. The van der Waals surface area contributed by atoms with Gasteiger partial charge in [-0.25, -0.2) is 0 Å². The second-order valence-electron chi connectivity index (χ2n) is 2.32. The van der Waals surface area contributed by atoms with Gasteiger partial charge in [0.05, 0.1) is 5.70 Å². The van der Waals surface area contributed by atoms with Crippen LogP contribution in [0.1, 0.15) is 6.92 Å². The molecule has 0 aromatic heterocycles. The number of halogens is 3. The first-order valence-corrected chi connectivity index (χ1v) is 3.26. The molecule has 0 aromatic rings. The van der Waals surface area contributed by atoms with Gasteiger partial charge < -0.3 is 11.5 Å². The monoisotopic (exact) mass is 193 g/mol. The number of hydrogen-bond acceptors (Lipinski definition) is 3. The summed E-state index contributed by atoms with van der Waals surface area (Å²) in [5.74, 6) is 0. The first kappa shape index (κ1) is 11.5. The van der Waals surface area contributed by atoms with E-state index in [-0.39, 0.29) is 11.4 Å². The molecule has 0 radical (unpaired) electrons. The Hall–Kier alpha value is -1.46. The first-order valence-electron chi connectivity index (χ1n) is 3.26. The number of hydrogen-bond donors (Lipinski definition) is 2. The molecule has 0 heterocycles. The summed E-state index contributed by atoms with van der Waals surface area (Å²) in [7, 11) is 0. The van der Waals surface area contributed by atoms with Crippen molar-refractivity contribution in [3.8, 4) is 0 Å². The molecule has 74 valence electrons. The SMILES string of the molecule is C=N/C(=C\C(N)=C(/C)N)C(F)(F)F. The molecule has 0 spiro atoms. The van der Waals surface area contributed by atoms with Gasteiger partial charge in [-0.15, -0.1) is 0 Å². The minimum absolute atomic E-state index is 0.102. The van der Waals surface area contributed by atoms with Gasteiger partial charge in [0.15, 0.2) is 0 Å². The third kappa shape index (κ3) is 3.64. The highest BCUT2D eigenvalue weighted by molar-refractivity contribution is 5.34. The van der Waals surface area contributed by atoms with E-state index in [0.717, 1.165) is 0 Å². The zero-order valence-electron chi connectivity index (χ0n) is 7.02. The Bertz CT molecular complexity index is 259. The van der Waals surface area contributed by atoms with Crippen LogP contribution in [0.5, 0.6) is 0 Å². The summed E-state index contributed by atoms with van der Waals surface area (Å²) in [6.07, 6.45) is -3.91. The fourth-order valence-corrected chi connectivity index (χ4v) is 0.478. The van der Waals surface area contributed by atoms with E-state index in [1.165, 1.54) is 6.92 Å². The van der Waals surface area contributed by atoms with Gasteiger partial charge in [-0.05, 0) is 19.7 Å². The summed E-state index contributed by atoms with van der Waals surface area (Å²) >= 11 is 0. The molecule has 0 saturated carbocycles. The van der Waals surface area contributed by atoms with Crippen LogP contribution in [0.15, 0.2) is 28.2 Å². The van der Waals surface area contributed by atoms with Crippen molar-refractivity contribution in [2.24, 2.45) is 16.5 Å². The topological polar surface area (TPSA) is 64.4 Å². The standard InChI is InChI=1S/C7H10F3N3/c1-4(11)5(12)3-6(13-2)7(8,9)10/h3H,2,11-12H2,1H3/b5-4-,6-3-. The van der Waals surface area contributed by atoms with Crippen LogP contribution in [0.4, 0.5) is 13.2 Å². The second-order valence-corrected chi connectivity index (χ2v) is 2.32. The summed E-state index contributed by atoms with van der Waals surface area (Å²) < 4.78 is 36.1. The van der Waals surface area contributed by atoms with Crippen molar-refractivity contribution >= 4 is 6.72 Å². The molecule has 4 N–H and O–H groups in total. The van der Waals surface area contributed by atoms with Gasteiger partial charge in [-0.1, -0.05) is 0 Å². The summed E-state index contributed by atoms with van der Waals surface area (Å²) in [5, 5.41) is 0. The fourth-order valence-electron chi connectivity index (χ4n) is 0.478. The van der Waals surface area contributed by atoms with Gasteiger partial charge in [-0.2, -0.15) is 13.2 Å². The molecule has 6 heteroatoms. The minimum atomic E-state index is -4.55. The molecule has 0 unspecified atom stereocenters. The molecule has 0 saturated heterocycles. The van der Waals surface area contributed by atoms with Crippen LogP contribution >= 0.6 is 0 Å². The van der Waals surface area contributed by atoms with Crippen molar-refractivity contribution in [2.75, 3.05) is 0 Å². The van der Waals surface area contributed by atoms with Crippen molar-refractivity contribution in [1.29, 1.82) is 0 Å². The molecule has 0 fully saturated rings. The molecule has 0 rings (SSSR count). The minimum Gasteiger partial charge on any atom is -0.401 e. The van der Waals surface area contributed by atoms with Crippen molar-refractivity contribution in [3.63, 3.8) is 0 Å². The molecule has 0 aromatic carbocycles. The molecule has 0 aliphatic rings. The number of aliphatic imine (C=N–C) groups is 1. The van der Waals surface area contributed by atoms with Gasteiger partial charge in [0.1, 0.15) is 5.70 Å². The van der Waals surface area contributed by atoms with E-state index in [4.69, 9.17) is 11.5 Å². The second kappa shape index (κ2) is 3.97. The fraction of sp³-hybridized carbons (Fsp3) is 0.286. The predicted molar refractivity (Wildman–Crippen MR) is 44.8 cm³/mol. The molecule has 0 amide bonds. The number of alkyl halides is 3. The Morgan fingerprint density at radius 3 is 2.08 bits per heavy atom. The zero-order valence-corrected chi connectivity index (χ0v) is 7.02. The van der Waals surface area contributed by atoms with Gasteiger partial charge in [0.25, 0.3) is 0 Å². The number of rotatable bonds is 2. The predicted octanol–water partition coefficient (Wildman–Crippen LogP) is 1.28. The Labute approximate surface area is 73.6 Å². The third-order valence-corrected chi connectivity index (χ3v) is 1.21. The van der Waals surface area contributed by atoms with Crippen LogP contribution in [0.25, 0.3) is 0 Å². The Morgan fingerprint density at radius 1 is 1.38 bits per heavy atom. The van der Waals surface area contributed by atoms with Gasteiger partial charge in [0.2, 0.25) is 0 Å². The van der Waals surface area contributed by atoms with Gasteiger partial charge in [0, 0.05) is 5.70 Å². The van der Waals surface area contributed by atoms with Crippen LogP contribution in [0.3, 0.4) is 0 Å². The van der Waals surface area contributed by atoms with Crippen LogP contribution in [-0.2, 0) is 0 Å². The average Bonchev–Trinajstić information content (AvgIpc) is 1.96. The Morgan fingerprint density at radius 2 is 1.85 bits per heavy atom. The lowest BCUT2D eigenvalue weighted by atomic mass is 10.3. The summed E-state index contributed by atoms with van der Waals surface area (Å²) in [5.41, 5.74) is 9.12. The summed E-state index contributed by atoms with van der Waals surface area (Å²) in [6, 6.07) is 0. The number of nitrogens with zero attached hydrogens (tertiary/aromatic N) is 1. The lowest BCUT2D eigenvalue weighted by Gasteiger charge is -2.06. The smallest absolute Gasteiger partial charge is 0.401 e. The maximum Gasteiger partial charge on any atom is 0.433 e. The van der Waals surface area contributed by atoms with E-state index >= 15 is 0 Å². The largest absolute Gasteiger partial charge is 0.433 e. The van der Waals surface area contributed by atoms with E-state index < -0.39 is 11.9 Å². The summed E-state index contributed by atoms with van der Waals surface area (Å²) in [6.45, 7) is 4.17. The van der Waals surface area contributed by atoms with Crippen LogP contribution < -0.4 is 11.5 Å². The zero-order chi connectivity index (χ0) is 10.6. The maximum atomic E-state index is 12.0. The average molecular weight is 193 g/mol.